The van der Waals surface area contributed by atoms with Gasteiger partial charge in [-0.15, -0.1) is 0 Å². The maximum absolute atomic E-state index is 11.4. The van der Waals surface area contributed by atoms with Crippen LogP contribution >= 0.6 is 0 Å². The van der Waals surface area contributed by atoms with Crippen LogP contribution in [0.15, 0.2) is 23.3 Å². The number of hydrogen-bond donors (Lipinski definition) is 1. The maximum atomic E-state index is 11.4. The third kappa shape index (κ3) is 4.20. The molecule has 0 saturated heterocycles. The van der Waals surface area contributed by atoms with Crippen molar-refractivity contribution in [1.82, 2.24) is 5.43 Å². The van der Waals surface area contributed by atoms with E-state index in [1.165, 1.54) is 6.21 Å². The van der Waals surface area contributed by atoms with E-state index in [0.29, 0.717) is 5.92 Å². The van der Waals surface area contributed by atoms with Crippen molar-refractivity contribution in [3.05, 3.63) is 29.3 Å². The summed E-state index contributed by atoms with van der Waals surface area (Å²) in [5.74, 6) is 0.863. The molecule has 0 aliphatic carbocycles. The molecule has 0 saturated carbocycles. The summed E-state index contributed by atoms with van der Waals surface area (Å²) in [6, 6.07) is 6.03. The van der Waals surface area contributed by atoms with Gasteiger partial charge in [0.1, 0.15) is 5.75 Å². The number of aryl methyl sites for hydroxylation is 1. The van der Waals surface area contributed by atoms with E-state index < -0.39 is 0 Å². The molecule has 0 aliphatic heterocycles. The van der Waals surface area contributed by atoms with Crippen molar-refractivity contribution in [3.63, 3.8) is 0 Å². The average Bonchev–Trinajstić information content (AvgIpc) is 2.33. The molecular weight excluding hydrogens is 228 g/mol. The van der Waals surface area contributed by atoms with Crippen LogP contribution in [0.1, 0.15) is 37.8 Å². The fourth-order valence-corrected chi connectivity index (χ4v) is 1.56. The summed E-state index contributed by atoms with van der Waals surface area (Å²) in [6.45, 7) is 7.90. The minimum atomic E-state index is -0.260. The van der Waals surface area contributed by atoms with E-state index in [2.05, 4.69) is 24.4 Å². The summed E-state index contributed by atoms with van der Waals surface area (Å²) in [5.41, 5.74) is 4.59. The number of nitrogens with one attached hydrogen (secondary N) is 1. The predicted molar refractivity (Wildman–Crippen MR) is 73.1 cm³/mol. The van der Waals surface area contributed by atoms with Gasteiger partial charge in [0.2, 0.25) is 0 Å². The molecule has 0 radical (unpaired) electrons. The minimum absolute atomic E-state index is 0.0273. The molecule has 1 aromatic carbocycles. The Morgan fingerprint density at radius 3 is 2.83 bits per heavy atom. The topological polar surface area (TPSA) is 50.7 Å². The number of benzene rings is 1. The molecule has 4 heteroatoms. The molecule has 0 spiro atoms. The highest BCUT2D eigenvalue weighted by Gasteiger charge is 2.09. The quantitative estimate of drug-likeness (QED) is 0.643. The Bertz CT molecular complexity index is 439. The fraction of sp³-hybridized carbons (Fsp3) is 0.429. The Morgan fingerprint density at radius 2 is 2.22 bits per heavy atom. The van der Waals surface area contributed by atoms with Crippen LogP contribution in [0.4, 0.5) is 0 Å². The number of rotatable bonds is 5. The zero-order valence-electron chi connectivity index (χ0n) is 11.4. The summed E-state index contributed by atoms with van der Waals surface area (Å²) < 4.78 is 5.55. The summed E-state index contributed by atoms with van der Waals surface area (Å²) in [5, 5.41) is 3.65. The van der Waals surface area contributed by atoms with Gasteiger partial charge in [0.25, 0.3) is 5.91 Å². The highest BCUT2D eigenvalue weighted by Crippen LogP contribution is 2.27. The van der Waals surface area contributed by atoms with E-state index in [0.717, 1.165) is 16.9 Å². The highest BCUT2D eigenvalue weighted by atomic mass is 16.5. The van der Waals surface area contributed by atoms with E-state index in [9.17, 15) is 4.79 Å². The van der Waals surface area contributed by atoms with Crippen molar-refractivity contribution in [2.45, 2.75) is 33.6 Å². The summed E-state index contributed by atoms with van der Waals surface area (Å²) >= 11 is 0. The van der Waals surface area contributed by atoms with Crippen molar-refractivity contribution in [3.8, 4) is 5.75 Å². The van der Waals surface area contributed by atoms with Crippen LogP contribution in [0, 0.1) is 6.92 Å². The van der Waals surface area contributed by atoms with Crippen LogP contribution in [0.25, 0.3) is 0 Å². The normalized spacial score (nSPS) is 10.9. The zero-order chi connectivity index (χ0) is 13.5. The smallest absolute Gasteiger partial charge is 0.277 e. The lowest BCUT2D eigenvalue weighted by Crippen LogP contribution is -2.24. The van der Waals surface area contributed by atoms with Gasteiger partial charge in [0, 0.05) is 6.21 Å². The summed E-state index contributed by atoms with van der Waals surface area (Å²) in [6.07, 6.45) is 1.52. The molecule has 0 atom stereocenters. The summed E-state index contributed by atoms with van der Waals surface area (Å²) in [7, 11) is 0. The Labute approximate surface area is 108 Å². The molecule has 1 N–H and O–H groups in total. The predicted octanol–water partition coefficient (Wildman–Crippen LogP) is 2.62. The molecular formula is C14H20N2O2. The van der Waals surface area contributed by atoms with E-state index in [1.54, 1.807) is 6.92 Å². The van der Waals surface area contributed by atoms with Gasteiger partial charge in [0.15, 0.2) is 6.61 Å². The van der Waals surface area contributed by atoms with Gasteiger partial charge >= 0.3 is 0 Å². The largest absolute Gasteiger partial charge is 0.483 e. The van der Waals surface area contributed by atoms with Crippen molar-refractivity contribution in [2.75, 3.05) is 6.61 Å². The molecule has 0 aliphatic rings. The average molecular weight is 248 g/mol. The molecule has 0 bridgehead atoms. The van der Waals surface area contributed by atoms with E-state index in [1.807, 2.05) is 25.1 Å². The number of amides is 1. The third-order valence-corrected chi connectivity index (χ3v) is 2.47. The lowest BCUT2D eigenvalue weighted by Gasteiger charge is -2.14. The van der Waals surface area contributed by atoms with Gasteiger partial charge in [0.05, 0.1) is 0 Å². The number of nitrogens with zero attached hydrogens (tertiary/aromatic N) is 1. The molecule has 0 unspecified atom stereocenters. The first-order chi connectivity index (χ1) is 8.54. The lowest BCUT2D eigenvalue weighted by molar-refractivity contribution is -0.123. The standard InChI is InChI=1S/C14H20N2O2/c1-5-15-16-14(17)9-18-13-8-11(4)6-7-12(13)10(2)3/h5-8,10H,9H2,1-4H3,(H,16,17). The first-order valence-corrected chi connectivity index (χ1v) is 6.04. The van der Waals surface area contributed by atoms with Gasteiger partial charge in [-0.05, 0) is 37.0 Å². The molecule has 0 aromatic heterocycles. The molecule has 18 heavy (non-hydrogen) atoms. The molecule has 98 valence electrons. The molecule has 0 heterocycles. The van der Waals surface area contributed by atoms with E-state index in [4.69, 9.17) is 4.74 Å². The number of carbonyl (C=O) groups excluding carboxylic acids is 1. The van der Waals surface area contributed by atoms with Crippen LogP contribution in [0.2, 0.25) is 0 Å². The Morgan fingerprint density at radius 1 is 1.50 bits per heavy atom. The lowest BCUT2D eigenvalue weighted by atomic mass is 10.0. The van der Waals surface area contributed by atoms with Gasteiger partial charge in [-0.1, -0.05) is 26.0 Å². The highest BCUT2D eigenvalue weighted by molar-refractivity contribution is 5.78. The molecule has 1 rings (SSSR count). The van der Waals surface area contributed by atoms with Gasteiger partial charge in [-0.3, -0.25) is 4.79 Å². The van der Waals surface area contributed by atoms with Gasteiger partial charge in [-0.2, -0.15) is 5.10 Å². The Balaban J connectivity index is 2.71. The van der Waals surface area contributed by atoms with Gasteiger partial charge < -0.3 is 4.74 Å². The molecule has 0 fully saturated rings. The van der Waals surface area contributed by atoms with Crippen LogP contribution in [0.5, 0.6) is 5.75 Å². The number of ether oxygens (including phenoxy) is 1. The second kappa shape index (κ2) is 6.79. The van der Waals surface area contributed by atoms with Crippen molar-refractivity contribution >= 4 is 12.1 Å². The number of hydrazone groups is 1. The molecule has 4 nitrogen and oxygen atoms in total. The Kier molecular flexibility index (Phi) is 5.36. The first-order valence-electron chi connectivity index (χ1n) is 6.04. The van der Waals surface area contributed by atoms with Crippen LogP contribution in [0.3, 0.4) is 0 Å². The Hall–Kier alpha value is -1.84. The fourth-order valence-electron chi connectivity index (χ4n) is 1.56. The second-order valence-corrected chi connectivity index (χ2v) is 4.41. The summed E-state index contributed by atoms with van der Waals surface area (Å²) in [4.78, 5) is 11.4. The van der Waals surface area contributed by atoms with E-state index in [-0.39, 0.29) is 12.5 Å². The van der Waals surface area contributed by atoms with Crippen LogP contribution in [-0.4, -0.2) is 18.7 Å². The zero-order valence-corrected chi connectivity index (χ0v) is 11.4. The van der Waals surface area contributed by atoms with Gasteiger partial charge in [-0.25, -0.2) is 5.43 Å². The van der Waals surface area contributed by atoms with E-state index >= 15 is 0 Å². The van der Waals surface area contributed by atoms with Crippen LogP contribution < -0.4 is 10.2 Å². The van der Waals surface area contributed by atoms with Crippen LogP contribution in [-0.2, 0) is 4.79 Å². The number of hydrogen-bond acceptors (Lipinski definition) is 3. The monoisotopic (exact) mass is 248 g/mol. The second-order valence-electron chi connectivity index (χ2n) is 4.41. The van der Waals surface area contributed by atoms with Crippen molar-refractivity contribution in [2.24, 2.45) is 5.10 Å². The van der Waals surface area contributed by atoms with Crippen molar-refractivity contribution < 1.29 is 9.53 Å². The molecule has 1 amide bonds. The molecule has 1 aromatic rings. The maximum Gasteiger partial charge on any atom is 0.277 e. The third-order valence-electron chi connectivity index (χ3n) is 2.47. The minimum Gasteiger partial charge on any atom is -0.483 e. The SMILES string of the molecule is CC=NNC(=O)COc1cc(C)ccc1C(C)C. The number of carbonyl (C=O) groups is 1. The first kappa shape index (κ1) is 14.2. The van der Waals surface area contributed by atoms with Crippen molar-refractivity contribution in [1.29, 1.82) is 0 Å².